The smallest absolute Gasteiger partial charge is 0.335 e. The first-order chi connectivity index (χ1) is 18.3. The molecule has 13 nitrogen and oxygen atoms in total. The summed E-state index contributed by atoms with van der Waals surface area (Å²) in [7, 11) is -2.22. The molecule has 0 fully saturated rings. The number of carboxylic acid groups (broad SMARTS) is 1. The number of hydrogen-bond acceptors (Lipinski definition) is 9. The second-order valence-corrected chi connectivity index (χ2v) is 11.1. The average Bonchev–Trinajstić information content (AvgIpc) is 3.38. The minimum atomic E-state index is -3.70. The van der Waals surface area contributed by atoms with Crippen molar-refractivity contribution in [1.82, 2.24) is 5.32 Å². The number of nitrogens with one attached hydrogen (secondary N) is 3. The van der Waals surface area contributed by atoms with E-state index in [1.165, 1.54) is 25.6 Å². The van der Waals surface area contributed by atoms with Crippen LogP contribution in [0.2, 0.25) is 0 Å². The maximum atomic E-state index is 12.6. The van der Waals surface area contributed by atoms with E-state index < -0.39 is 33.3 Å². The third kappa shape index (κ3) is 8.33. The van der Waals surface area contributed by atoms with Crippen LogP contribution in [0.3, 0.4) is 0 Å². The zero-order valence-corrected chi connectivity index (χ0v) is 22.6. The van der Waals surface area contributed by atoms with Crippen molar-refractivity contribution in [3.05, 3.63) is 47.5 Å². The van der Waals surface area contributed by atoms with Gasteiger partial charge in [0.05, 0.1) is 37.8 Å². The Morgan fingerprint density at radius 3 is 2.49 bits per heavy atom. The largest absolute Gasteiger partial charge is 0.496 e. The fourth-order valence-corrected chi connectivity index (χ4v) is 4.18. The maximum Gasteiger partial charge on any atom is 0.335 e. The number of amides is 2. The zero-order valence-electron chi connectivity index (χ0n) is 21.8. The molecule has 0 spiro atoms. The Balaban J connectivity index is 1.58. The van der Waals surface area contributed by atoms with Gasteiger partial charge < -0.3 is 30.0 Å². The number of ether oxygens (including phenoxy) is 3. The summed E-state index contributed by atoms with van der Waals surface area (Å²) in [6, 6.07) is 8.69. The van der Waals surface area contributed by atoms with Crippen LogP contribution in [0.15, 0.2) is 41.4 Å². The van der Waals surface area contributed by atoms with Gasteiger partial charge in [-0.25, -0.2) is 13.2 Å². The molecule has 0 saturated heterocycles. The van der Waals surface area contributed by atoms with Crippen molar-refractivity contribution in [1.29, 1.82) is 0 Å². The van der Waals surface area contributed by atoms with Crippen molar-refractivity contribution in [3.63, 3.8) is 0 Å². The number of carbonyl (C=O) groups excluding carboxylic acids is 2. The van der Waals surface area contributed by atoms with Crippen LogP contribution in [0.5, 0.6) is 11.5 Å². The van der Waals surface area contributed by atoms with Gasteiger partial charge in [0.1, 0.15) is 17.6 Å². The third-order valence-electron chi connectivity index (χ3n) is 5.57. The van der Waals surface area contributed by atoms with Crippen LogP contribution in [0, 0.1) is 0 Å². The summed E-state index contributed by atoms with van der Waals surface area (Å²) in [6.07, 6.45) is 2.25. The van der Waals surface area contributed by atoms with Crippen molar-refractivity contribution in [3.8, 4) is 11.5 Å². The predicted octanol–water partition coefficient (Wildman–Crippen LogP) is 2.17. The Labute approximate surface area is 225 Å². The highest BCUT2D eigenvalue weighted by Crippen LogP contribution is 2.32. The number of sulfonamides is 1. The standard InChI is InChI=1S/C25H30N4O9S/c1-25(2,9-10-37-19-8-5-15(24(32)33)11-18(19)29-39(4,34)35)28-23(31)22(30)27-16-6-7-17(20(12-16)36-3)21-13-26-14-38-21/h5-8,11-12,14,21,29H,9-10,13H2,1-4H3,(H,27,30)(H,28,31)(H,32,33). The molecule has 210 valence electrons. The molecule has 1 unspecified atom stereocenters. The number of benzene rings is 2. The zero-order chi connectivity index (χ0) is 28.8. The monoisotopic (exact) mass is 562 g/mol. The molecule has 2 aromatic rings. The van der Waals surface area contributed by atoms with Gasteiger partial charge in [-0.3, -0.25) is 19.3 Å². The Bertz CT molecular complexity index is 1380. The van der Waals surface area contributed by atoms with E-state index in [9.17, 15) is 27.9 Å². The summed E-state index contributed by atoms with van der Waals surface area (Å²) in [5.74, 6) is -2.41. The summed E-state index contributed by atoms with van der Waals surface area (Å²) in [4.78, 5) is 40.4. The Morgan fingerprint density at radius 2 is 1.87 bits per heavy atom. The van der Waals surface area contributed by atoms with E-state index in [0.717, 1.165) is 17.9 Å². The van der Waals surface area contributed by atoms with Gasteiger partial charge in [0.2, 0.25) is 10.0 Å². The van der Waals surface area contributed by atoms with Crippen LogP contribution in [0.4, 0.5) is 11.4 Å². The lowest BCUT2D eigenvalue weighted by molar-refractivity contribution is -0.137. The first kappa shape index (κ1) is 29.2. The van der Waals surface area contributed by atoms with Crippen LogP contribution in [0.1, 0.15) is 42.3 Å². The molecular weight excluding hydrogens is 532 g/mol. The van der Waals surface area contributed by atoms with E-state index in [1.807, 2.05) is 0 Å². The van der Waals surface area contributed by atoms with Gasteiger partial charge in [-0.05, 0) is 44.2 Å². The van der Waals surface area contributed by atoms with Gasteiger partial charge in [0, 0.05) is 29.3 Å². The second kappa shape index (κ2) is 12.0. The molecule has 1 heterocycles. The lowest BCUT2D eigenvalue weighted by Gasteiger charge is -2.26. The number of aliphatic imine (C=N–C) groups is 1. The molecular formula is C25H30N4O9S. The van der Waals surface area contributed by atoms with Crippen molar-refractivity contribution >= 4 is 45.6 Å². The maximum absolute atomic E-state index is 12.6. The molecule has 0 bridgehead atoms. The highest BCUT2D eigenvalue weighted by atomic mass is 32.2. The molecule has 1 atom stereocenters. The first-order valence-electron chi connectivity index (χ1n) is 11.7. The highest BCUT2D eigenvalue weighted by molar-refractivity contribution is 7.92. The van der Waals surface area contributed by atoms with E-state index in [2.05, 4.69) is 20.3 Å². The highest BCUT2D eigenvalue weighted by Gasteiger charge is 2.26. The van der Waals surface area contributed by atoms with E-state index in [1.54, 1.807) is 32.0 Å². The molecule has 14 heteroatoms. The third-order valence-corrected chi connectivity index (χ3v) is 6.16. The Hall–Kier alpha value is -4.33. The predicted molar refractivity (Wildman–Crippen MR) is 143 cm³/mol. The van der Waals surface area contributed by atoms with Gasteiger partial charge in [-0.15, -0.1) is 0 Å². The van der Waals surface area contributed by atoms with Crippen LogP contribution in [-0.2, 0) is 24.3 Å². The molecule has 1 aliphatic heterocycles. The van der Waals surface area contributed by atoms with Gasteiger partial charge in [0.25, 0.3) is 0 Å². The Kier molecular flexibility index (Phi) is 9.01. The summed E-state index contributed by atoms with van der Waals surface area (Å²) >= 11 is 0. The molecule has 0 saturated carbocycles. The van der Waals surface area contributed by atoms with Gasteiger partial charge in [-0.2, -0.15) is 0 Å². The molecule has 0 radical (unpaired) electrons. The second-order valence-electron chi connectivity index (χ2n) is 9.33. The summed E-state index contributed by atoms with van der Waals surface area (Å²) in [6.45, 7) is 3.84. The number of methoxy groups -OCH3 is 1. The quantitative estimate of drug-likeness (QED) is 0.298. The molecule has 1 aliphatic rings. The van der Waals surface area contributed by atoms with Crippen LogP contribution in [-0.4, -0.2) is 69.8 Å². The number of nitrogens with zero attached hydrogens (tertiary/aromatic N) is 1. The molecule has 0 aliphatic carbocycles. The van der Waals surface area contributed by atoms with Gasteiger partial charge >= 0.3 is 17.8 Å². The number of hydrogen-bond donors (Lipinski definition) is 4. The lowest BCUT2D eigenvalue weighted by Crippen LogP contribution is -2.48. The molecule has 39 heavy (non-hydrogen) atoms. The molecule has 4 N–H and O–H groups in total. The summed E-state index contributed by atoms with van der Waals surface area (Å²) in [5.41, 5.74) is 0.0613. The van der Waals surface area contributed by atoms with Crippen molar-refractivity contribution in [2.75, 3.05) is 36.6 Å². The lowest BCUT2D eigenvalue weighted by atomic mass is 10.0. The van der Waals surface area contributed by atoms with Crippen LogP contribution < -0.4 is 24.8 Å². The molecule has 2 amide bonds. The van der Waals surface area contributed by atoms with E-state index in [4.69, 9.17) is 14.2 Å². The van der Waals surface area contributed by atoms with E-state index >= 15 is 0 Å². The molecule has 3 rings (SSSR count). The summed E-state index contributed by atoms with van der Waals surface area (Å²) in [5, 5.41) is 14.4. The van der Waals surface area contributed by atoms with Crippen molar-refractivity contribution < 1.29 is 42.1 Å². The Morgan fingerprint density at radius 1 is 1.13 bits per heavy atom. The number of carboxylic acids is 1. The first-order valence-corrected chi connectivity index (χ1v) is 13.6. The van der Waals surface area contributed by atoms with Crippen molar-refractivity contribution in [2.45, 2.75) is 31.9 Å². The summed E-state index contributed by atoms with van der Waals surface area (Å²) < 4.78 is 42.1. The fraction of sp³-hybridized carbons (Fsp3) is 0.360. The van der Waals surface area contributed by atoms with E-state index in [0.29, 0.717) is 18.0 Å². The minimum absolute atomic E-state index is 0.0192. The molecule has 0 aromatic heterocycles. The molecule has 2 aromatic carbocycles. The number of aromatic carboxylic acids is 1. The topological polar surface area (TPSA) is 182 Å². The van der Waals surface area contributed by atoms with Gasteiger partial charge in [-0.1, -0.05) is 0 Å². The SMILES string of the molecule is COc1cc(NC(=O)C(=O)NC(C)(C)CCOc2ccc(C(=O)O)cc2NS(C)(=O)=O)ccc1C1CN=CO1. The van der Waals surface area contributed by atoms with E-state index in [-0.39, 0.29) is 36.1 Å². The fourth-order valence-electron chi connectivity index (χ4n) is 3.62. The van der Waals surface area contributed by atoms with Crippen LogP contribution in [0.25, 0.3) is 0 Å². The number of rotatable bonds is 11. The number of carbonyl (C=O) groups is 3. The minimum Gasteiger partial charge on any atom is -0.496 e. The van der Waals surface area contributed by atoms with Gasteiger partial charge in [0.15, 0.2) is 6.40 Å². The number of anilines is 2. The van der Waals surface area contributed by atoms with Crippen LogP contribution >= 0.6 is 0 Å². The normalized spacial score (nSPS) is 14.7. The average molecular weight is 563 g/mol. The van der Waals surface area contributed by atoms with Crippen molar-refractivity contribution in [2.24, 2.45) is 4.99 Å².